The van der Waals surface area contributed by atoms with Gasteiger partial charge in [-0.2, -0.15) is 10.2 Å². The molecule has 2 heterocycles. The van der Waals surface area contributed by atoms with Crippen LogP contribution in [0.4, 0.5) is 11.5 Å². The van der Waals surface area contributed by atoms with Crippen LogP contribution in [-0.4, -0.2) is 43.0 Å². The number of aromatic nitrogens is 4. The highest BCUT2D eigenvalue weighted by Crippen LogP contribution is 2.21. The number of hydrogen-bond acceptors (Lipinski definition) is 7. The van der Waals surface area contributed by atoms with Crippen molar-refractivity contribution in [2.24, 2.45) is 7.05 Å². The van der Waals surface area contributed by atoms with Crippen molar-refractivity contribution in [2.45, 2.75) is 26.8 Å². The number of amides is 1. The molecule has 11 nitrogen and oxygen atoms in total. The Labute approximate surface area is 142 Å². The summed E-state index contributed by atoms with van der Waals surface area (Å²) in [7, 11) is 1.56. The van der Waals surface area contributed by atoms with E-state index in [0.29, 0.717) is 0 Å². The molecular weight excluding hydrogens is 332 g/mol. The van der Waals surface area contributed by atoms with Crippen LogP contribution in [0.1, 0.15) is 35.9 Å². The van der Waals surface area contributed by atoms with E-state index in [4.69, 9.17) is 4.74 Å². The van der Waals surface area contributed by atoms with Crippen LogP contribution in [0.15, 0.2) is 12.4 Å². The van der Waals surface area contributed by atoms with Crippen molar-refractivity contribution in [3.63, 3.8) is 0 Å². The summed E-state index contributed by atoms with van der Waals surface area (Å²) in [4.78, 5) is 34.7. The minimum Gasteiger partial charge on any atom is -0.462 e. The molecule has 0 spiro atoms. The van der Waals surface area contributed by atoms with Crippen LogP contribution in [0, 0.1) is 17.0 Å². The zero-order chi connectivity index (χ0) is 18.7. The Morgan fingerprint density at radius 1 is 1.48 bits per heavy atom. The lowest BCUT2D eigenvalue weighted by atomic mass is 10.3. The van der Waals surface area contributed by atoms with Gasteiger partial charge in [0.05, 0.1) is 17.7 Å². The molecule has 0 radical (unpaired) electrons. The molecule has 2 aromatic rings. The number of anilines is 1. The second kappa shape index (κ2) is 7.11. The van der Waals surface area contributed by atoms with Gasteiger partial charge in [-0.25, -0.2) is 4.79 Å². The molecule has 0 aliphatic rings. The van der Waals surface area contributed by atoms with Crippen LogP contribution in [0.2, 0.25) is 0 Å². The van der Waals surface area contributed by atoms with Crippen molar-refractivity contribution < 1.29 is 19.2 Å². The summed E-state index contributed by atoms with van der Waals surface area (Å²) in [6.07, 6.45) is 2.48. The molecule has 11 heteroatoms. The molecule has 1 amide bonds. The van der Waals surface area contributed by atoms with Crippen molar-refractivity contribution in [2.75, 3.05) is 11.9 Å². The van der Waals surface area contributed by atoms with Crippen LogP contribution in [-0.2, 0) is 16.6 Å². The Morgan fingerprint density at radius 2 is 2.16 bits per heavy atom. The van der Waals surface area contributed by atoms with Crippen molar-refractivity contribution in [1.82, 2.24) is 19.6 Å². The lowest BCUT2D eigenvalue weighted by Gasteiger charge is -2.13. The summed E-state index contributed by atoms with van der Waals surface area (Å²) in [6.45, 7) is 4.88. The second-order valence-corrected chi connectivity index (χ2v) is 5.25. The lowest BCUT2D eigenvalue weighted by molar-refractivity contribution is -0.385. The minimum absolute atomic E-state index is 0.118. The molecule has 0 aromatic carbocycles. The van der Waals surface area contributed by atoms with E-state index in [0.717, 1.165) is 0 Å². The van der Waals surface area contributed by atoms with E-state index < -0.39 is 22.8 Å². The fraction of sp³-hybridized carbons (Fsp3) is 0.429. The molecule has 0 bridgehead atoms. The number of rotatable bonds is 6. The van der Waals surface area contributed by atoms with Crippen molar-refractivity contribution in [1.29, 1.82) is 0 Å². The SMILES string of the molecule is CCOC(=O)c1cnn(C)c1NC(=O)C(C)n1cc([N+](=O)[O-])c(C)n1. The van der Waals surface area contributed by atoms with Gasteiger partial charge < -0.3 is 10.1 Å². The van der Waals surface area contributed by atoms with Gasteiger partial charge in [-0.1, -0.05) is 0 Å². The molecule has 0 aliphatic heterocycles. The Balaban J connectivity index is 2.22. The first-order valence-electron chi connectivity index (χ1n) is 7.46. The molecule has 0 saturated heterocycles. The summed E-state index contributed by atoms with van der Waals surface area (Å²) in [5.74, 6) is -0.940. The largest absolute Gasteiger partial charge is 0.462 e. The third-order valence-electron chi connectivity index (χ3n) is 3.54. The number of esters is 1. The summed E-state index contributed by atoms with van der Waals surface area (Å²) >= 11 is 0. The quantitative estimate of drug-likeness (QED) is 0.470. The van der Waals surface area contributed by atoms with Gasteiger partial charge in [0.2, 0.25) is 5.91 Å². The number of ether oxygens (including phenoxy) is 1. The van der Waals surface area contributed by atoms with E-state index in [-0.39, 0.29) is 29.4 Å². The molecule has 134 valence electrons. The van der Waals surface area contributed by atoms with Gasteiger partial charge in [0, 0.05) is 7.05 Å². The molecule has 2 aromatic heterocycles. The van der Waals surface area contributed by atoms with Crippen LogP contribution in [0.3, 0.4) is 0 Å². The predicted molar refractivity (Wildman–Crippen MR) is 86.1 cm³/mol. The molecule has 1 unspecified atom stereocenters. The third-order valence-corrected chi connectivity index (χ3v) is 3.54. The monoisotopic (exact) mass is 350 g/mol. The fourth-order valence-electron chi connectivity index (χ4n) is 2.13. The Kier molecular flexibility index (Phi) is 5.15. The number of nitrogens with one attached hydrogen (secondary N) is 1. The summed E-state index contributed by atoms with van der Waals surface area (Å²) in [5.41, 5.74) is 0.150. The molecular formula is C14H18N6O5. The van der Waals surface area contributed by atoms with Gasteiger partial charge >= 0.3 is 11.7 Å². The van der Waals surface area contributed by atoms with E-state index in [1.54, 1.807) is 14.0 Å². The zero-order valence-corrected chi connectivity index (χ0v) is 14.2. The molecule has 1 atom stereocenters. The van der Waals surface area contributed by atoms with E-state index in [9.17, 15) is 19.7 Å². The average molecular weight is 350 g/mol. The maximum absolute atomic E-state index is 12.5. The second-order valence-electron chi connectivity index (χ2n) is 5.25. The summed E-state index contributed by atoms with van der Waals surface area (Å²) in [6, 6.07) is -0.836. The molecule has 25 heavy (non-hydrogen) atoms. The number of nitrogens with zero attached hydrogens (tertiary/aromatic N) is 5. The normalized spacial score (nSPS) is 11.8. The Morgan fingerprint density at radius 3 is 2.72 bits per heavy atom. The van der Waals surface area contributed by atoms with Crippen molar-refractivity contribution >= 4 is 23.4 Å². The topological polar surface area (TPSA) is 134 Å². The first kappa shape index (κ1) is 18.1. The molecule has 0 fully saturated rings. The number of carbonyl (C=O) groups excluding carboxylic acids is 2. The van der Waals surface area contributed by atoms with Crippen molar-refractivity contribution in [3.8, 4) is 0 Å². The van der Waals surface area contributed by atoms with E-state index in [2.05, 4.69) is 15.5 Å². The highest BCUT2D eigenvalue weighted by Gasteiger charge is 2.25. The smallest absolute Gasteiger partial charge is 0.343 e. The Hall–Kier alpha value is -3.24. The van der Waals surface area contributed by atoms with Crippen LogP contribution in [0.25, 0.3) is 0 Å². The van der Waals surface area contributed by atoms with Gasteiger partial charge in [-0.3, -0.25) is 24.3 Å². The van der Waals surface area contributed by atoms with Gasteiger partial charge in [0.1, 0.15) is 29.3 Å². The minimum atomic E-state index is -0.836. The maximum atomic E-state index is 12.5. The average Bonchev–Trinajstić information content (AvgIpc) is 3.10. The lowest BCUT2D eigenvalue weighted by Crippen LogP contribution is -2.26. The third kappa shape index (κ3) is 3.65. The van der Waals surface area contributed by atoms with Gasteiger partial charge in [-0.05, 0) is 20.8 Å². The van der Waals surface area contributed by atoms with Gasteiger partial charge in [-0.15, -0.1) is 0 Å². The number of nitro groups is 1. The van der Waals surface area contributed by atoms with E-state index >= 15 is 0 Å². The number of carbonyl (C=O) groups is 2. The highest BCUT2D eigenvalue weighted by atomic mass is 16.6. The molecule has 0 saturated carbocycles. The summed E-state index contributed by atoms with van der Waals surface area (Å²) < 4.78 is 7.44. The molecule has 0 aliphatic carbocycles. The first-order valence-corrected chi connectivity index (χ1v) is 7.46. The van der Waals surface area contributed by atoms with Crippen LogP contribution >= 0.6 is 0 Å². The first-order chi connectivity index (χ1) is 11.8. The van der Waals surface area contributed by atoms with Crippen LogP contribution in [0.5, 0.6) is 0 Å². The highest BCUT2D eigenvalue weighted by molar-refractivity contribution is 6.01. The van der Waals surface area contributed by atoms with Crippen LogP contribution < -0.4 is 5.32 Å². The standard InChI is InChI=1S/C14H18N6O5/c1-5-25-14(22)10-6-15-18(4)12(10)16-13(21)9(3)19-7-11(20(23)24)8(2)17-19/h6-7,9H,5H2,1-4H3,(H,16,21). The zero-order valence-electron chi connectivity index (χ0n) is 14.2. The number of aryl methyl sites for hydroxylation is 2. The van der Waals surface area contributed by atoms with Gasteiger partial charge in [0.25, 0.3) is 0 Å². The number of hydrogen-bond donors (Lipinski definition) is 1. The maximum Gasteiger partial charge on any atom is 0.343 e. The fourth-order valence-corrected chi connectivity index (χ4v) is 2.13. The van der Waals surface area contributed by atoms with Gasteiger partial charge in [0.15, 0.2) is 0 Å². The summed E-state index contributed by atoms with van der Waals surface area (Å²) in [5, 5.41) is 21.4. The predicted octanol–water partition coefficient (Wildman–Crippen LogP) is 1.21. The van der Waals surface area contributed by atoms with E-state index in [1.165, 1.54) is 35.6 Å². The van der Waals surface area contributed by atoms with E-state index in [1.807, 2.05) is 0 Å². The van der Waals surface area contributed by atoms with Crippen molar-refractivity contribution in [3.05, 3.63) is 33.8 Å². The molecule has 2 rings (SSSR count). The Bertz CT molecular complexity index is 824. The molecule has 1 N–H and O–H groups in total.